The Bertz CT molecular complexity index is 385. The molecule has 0 atom stereocenters. The Morgan fingerprint density at radius 1 is 1.16 bits per heavy atom. The fourth-order valence-electron chi connectivity index (χ4n) is 2.25. The summed E-state index contributed by atoms with van der Waals surface area (Å²) in [6.07, 6.45) is 1.14. The van der Waals surface area contributed by atoms with Crippen LogP contribution in [0.1, 0.15) is 6.42 Å². The summed E-state index contributed by atoms with van der Waals surface area (Å²) in [7, 11) is 2.18. The molecule has 0 amide bonds. The van der Waals surface area contributed by atoms with Gasteiger partial charge in [-0.15, -0.1) is 4.91 Å². The molecular formula is C14H22N4O. The molecule has 1 heterocycles. The van der Waals surface area contributed by atoms with E-state index in [9.17, 15) is 4.91 Å². The minimum atomic E-state index is 0.475. The van der Waals surface area contributed by atoms with Crippen LogP contribution in [0.25, 0.3) is 0 Å². The zero-order valence-electron chi connectivity index (χ0n) is 11.5. The van der Waals surface area contributed by atoms with E-state index in [0.717, 1.165) is 25.2 Å². The second kappa shape index (κ2) is 7.21. The number of benzene rings is 1. The highest BCUT2D eigenvalue weighted by Gasteiger charge is 2.12. The molecule has 1 aromatic rings. The van der Waals surface area contributed by atoms with Crippen LogP contribution < -0.4 is 5.32 Å². The summed E-state index contributed by atoms with van der Waals surface area (Å²) in [6.45, 7) is 6.81. The number of rotatable bonds is 6. The second-order valence-corrected chi connectivity index (χ2v) is 5.06. The van der Waals surface area contributed by atoms with E-state index in [4.69, 9.17) is 0 Å². The SMILES string of the molecule is CN1CCN(CCCNc2ccc(N=O)cc2)CC1. The van der Waals surface area contributed by atoms with E-state index >= 15 is 0 Å². The standard InChI is InChI=1S/C14H22N4O/c1-17-9-11-18(12-10-17)8-2-7-15-13-3-5-14(16-19)6-4-13/h3-6,15H,2,7-12H2,1H3. The quantitative estimate of drug-likeness (QED) is 0.630. The lowest BCUT2D eigenvalue weighted by Gasteiger charge is -2.32. The van der Waals surface area contributed by atoms with Gasteiger partial charge in [-0.05, 0) is 49.5 Å². The first-order valence-electron chi connectivity index (χ1n) is 6.86. The van der Waals surface area contributed by atoms with E-state index in [2.05, 4.69) is 27.3 Å². The fourth-order valence-corrected chi connectivity index (χ4v) is 2.25. The number of nitroso groups, excluding NO2 is 1. The number of hydrogen-bond acceptors (Lipinski definition) is 5. The average molecular weight is 262 g/mol. The van der Waals surface area contributed by atoms with E-state index in [1.807, 2.05) is 12.1 Å². The Kier molecular flexibility index (Phi) is 5.30. The third kappa shape index (κ3) is 4.61. The van der Waals surface area contributed by atoms with Crippen molar-refractivity contribution < 1.29 is 0 Å². The largest absolute Gasteiger partial charge is 0.385 e. The van der Waals surface area contributed by atoms with Gasteiger partial charge >= 0.3 is 0 Å². The third-order valence-electron chi connectivity index (χ3n) is 3.55. The normalized spacial score (nSPS) is 17.3. The number of nitrogens with one attached hydrogen (secondary N) is 1. The number of anilines is 1. The second-order valence-electron chi connectivity index (χ2n) is 5.06. The van der Waals surface area contributed by atoms with E-state index < -0.39 is 0 Å². The van der Waals surface area contributed by atoms with Crippen molar-refractivity contribution in [1.82, 2.24) is 9.80 Å². The van der Waals surface area contributed by atoms with Crippen molar-refractivity contribution in [2.45, 2.75) is 6.42 Å². The van der Waals surface area contributed by atoms with Gasteiger partial charge in [0.25, 0.3) is 0 Å². The first-order valence-corrected chi connectivity index (χ1v) is 6.86. The van der Waals surface area contributed by atoms with Crippen molar-refractivity contribution in [3.05, 3.63) is 29.2 Å². The lowest BCUT2D eigenvalue weighted by atomic mass is 10.2. The topological polar surface area (TPSA) is 47.9 Å². The molecule has 1 aromatic carbocycles. The van der Waals surface area contributed by atoms with Crippen LogP contribution in [0.5, 0.6) is 0 Å². The lowest BCUT2D eigenvalue weighted by Crippen LogP contribution is -2.44. The predicted octanol–water partition coefficient (Wildman–Crippen LogP) is 2.13. The van der Waals surface area contributed by atoms with Gasteiger partial charge in [0, 0.05) is 38.4 Å². The van der Waals surface area contributed by atoms with Crippen LogP contribution in [0.3, 0.4) is 0 Å². The average Bonchev–Trinajstić information content (AvgIpc) is 2.46. The van der Waals surface area contributed by atoms with Crippen molar-refractivity contribution in [2.75, 3.05) is 51.6 Å². The molecule has 0 unspecified atom stereocenters. The number of likely N-dealkylation sites (N-methyl/N-ethyl adjacent to an activating group) is 1. The molecule has 104 valence electrons. The molecule has 0 aromatic heterocycles. The summed E-state index contributed by atoms with van der Waals surface area (Å²) in [4.78, 5) is 15.2. The molecule has 1 aliphatic heterocycles. The van der Waals surface area contributed by atoms with Gasteiger partial charge in [0.1, 0.15) is 5.69 Å². The fraction of sp³-hybridized carbons (Fsp3) is 0.571. The van der Waals surface area contributed by atoms with Crippen molar-refractivity contribution in [3.63, 3.8) is 0 Å². The van der Waals surface area contributed by atoms with E-state index in [0.29, 0.717) is 5.69 Å². The maximum absolute atomic E-state index is 10.3. The van der Waals surface area contributed by atoms with Crippen molar-refractivity contribution in [2.24, 2.45) is 5.18 Å². The van der Waals surface area contributed by atoms with Gasteiger partial charge < -0.3 is 15.1 Å². The molecule has 0 radical (unpaired) electrons. The van der Waals surface area contributed by atoms with Gasteiger partial charge in [-0.2, -0.15) is 0 Å². The highest BCUT2D eigenvalue weighted by atomic mass is 16.3. The Morgan fingerprint density at radius 3 is 2.47 bits per heavy atom. The molecule has 0 bridgehead atoms. The van der Waals surface area contributed by atoms with Crippen LogP contribution in [0, 0.1) is 4.91 Å². The summed E-state index contributed by atoms with van der Waals surface area (Å²) < 4.78 is 0. The minimum absolute atomic E-state index is 0.475. The van der Waals surface area contributed by atoms with Crippen LogP contribution in [-0.2, 0) is 0 Å². The lowest BCUT2D eigenvalue weighted by molar-refractivity contribution is 0.154. The van der Waals surface area contributed by atoms with Crippen LogP contribution in [0.4, 0.5) is 11.4 Å². The van der Waals surface area contributed by atoms with Crippen LogP contribution in [0.2, 0.25) is 0 Å². The molecule has 19 heavy (non-hydrogen) atoms. The van der Waals surface area contributed by atoms with Crippen LogP contribution in [0.15, 0.2) is 29.4 Å². The van der Waals surface area contributed by atoms with Crippen molar-refractivity contribution >= 4 is 11.4 Å². The molecule has 5 heteroatoms. The Morgan fingerprint density at radius 2 is 1.84 bits per heavy atom. The summed E-state index contributed by atoms with van der Waals surface area (Å²) in [5.41, 5.74) is 1.52. The zero-order chi connectivity index (χ0) is 13.5. The first-order chi connectivity index (χ1) is 9.28. The molecule has 0 spiro atoms. The predicted molar refractivity (Wildman–Crippen MR) is 78.9 cm³/mol. The molecule has 5 nitrogen and oxygen atoms in total. The van der Waals surface area contributed by atoms with E-state index in [1.165, 1.54) is 26.2 Å². The Hall–Kier alpha value is -1.46. The molecule has 1 aliphatic rings. The number of piperazine rings is 1. The minimum Gasteiger partial charge on any atom is -0.385 e. The van der Waals surface area contributed by atoms with Gasteiger partial charge in [-0.1, -0.05) is 0 Å². The number of nitrogens with zero attached hydrogens (tertiary/aromatic N) is 3. The Labute approximate surface area is 114 Å². The van der Waals surface area contributed by atoms with Gasteiger partial charge in [-0.25, -0.2) is 0 Å². The summed E-state index contributed by atoms with van der Waals surface area (Å²) in [6, 6.07) is 7.25. The molecule has 0 saturated carbocycles. The van der Waals surface area contributed by atoms with Crippen LogP contribution >= 0.6 is 0 Å². The van der Waals surface area contributed by atoms with Gasteiger partial charge in [0.15, 0.2) is 0 Å². The maximum atomic E-state index is 10.3. The Balaban J connectivity index is 1.62. The van der Waals surface area contributed by atoms with Gasteiger partial charge in [0.05, 0.1) is 0 Å². The van der Waals surface area contributed by atoms with E-state index in [-0.39, 0.29) is 0 Å². The first kappa shape index (κ1) is 14.0. The summed E-state index contributed by atoms with van der Waals surface area (Å²) >= 11 is 0. The third-order valence-corrected chi connectivity index (χ3v) is 3.55. The van der Waals surface area contributed by atoms with Gasteiger partial charge in [-0.3, -0.25) is 0 Å². The van der Waals surface area contributed by atoms with Crippen molar-refractivity contribution in [3.8, 4) is 0 Å². The smallest absolute Gasteiger partial charge is 0.108 e. The highest BCUT2D eigenvalue weighted by molar-refractivity contribution is 5.50. The number of hydrogen-bond donors (Lipinski definition) is 1. The molecule has 1 N–H and O–H groups in total. The summed E-state index contributed by atoms with van der Waals surface area (Å²) in [5, 5.41) is 6.25. The van der Waals surface area contributed by atoms with Gasteiger partial charge in [0.2, 0.25) is 0 Å². The van der Waals surface area contributed by atoms with Crippen LogP contribution in [-0.4, -0.2) is 56.1 Å². The zero-order valence-corrected chi connectivity index (χ0v) is 11.5. The molecule has 0 aliphatic carbocycles. The monoisotopic (exact) mass is 262 g/mol. The molecular weight excluding hydrogens is 240 g/mol. The van der Waals surface area contributed by atoms with E-state index in [1.54, 1.807) is 12.1 Å². The highest BCUT2D eigenvalue weighted by Crippen LogP contribution is 2.15. The maximum Gasteiger partial charge on any atom is 0.108 e. The molecule has 2 rings (SSSR count). The van der Waals surface area contributed by atoms with Crippen molar-refractivity contribution in [1.29, 1.82) is 0 Å². The molecule has 1 saturated heterocycles. The molecule has 1 fully saturated rings. The summed E-state index contributed by atoms with van der Waals surface area (Å²) in [5.74, 6) is 0.